The molecule has 20 heavy (non-hydrogen) atoms. The Kier molecular flexibility index (Phi) is 4.10. The van der Waals surface area contributed by atoms with Gasteiger partial charge < -0.3 is 11.1 Å². The normalized spacial score (nSPS) is 16.0. The van der Waals surface area contributed by atoms with E-state index in [0.29, 0.717) is 18.8 Å². The quantitative estimate of drug-likeness (QED) is 0.644. The fourth-order valence-corrected chi connectivity index (χ4v) is 3.74. The maximum atomic E-state index is 12.4. The molecule has 1 heterocycles. The van der Waals surface area contributed by atoms with Gasteiger partial charge >= 0.3 is 0 Å². The van der Waals surface area contributed by atoms with E-state index in [4.69, 9.17) is 5.73 Å². The van der Waals surface area contributed by atoms with E-state index in [-0.39, 0.29) is 16.5 Å². The monoisotopic (exact) mass is 295 g/mol. The van der Waals surface area contributed by atoms with Crippen LogP contribution in [0, 0.1) is 0 Å². The van der Waals surface area contributed by atoms with Crippen molar-refractivity contribution in [2.45, 2.75) is 17.7 Å². The van der Waals surface area contributed by atoms with E-state index in [2.05, 4.69) is 11.9 Å². The number of anilines is 2. The van der Waals surface area contributed by atoms with E-state index in [1.165, 1.54) is 22.5 Å². The molecule has 0 spiro atoms. The Morgan fingerprint density at radius 3 is 2.55 bits per heavy atom. The van der Waals surface area contributed by atoms with E-state index < -0.39 is 10.0 Å². The van der Waals surface area contributed by atoms with Gasteiger partial charge in [-0.1, -0.05) is 6.58 Å². The Labute approximate surface area is 118 Å². The zero-order valence-electron chi connectivity index (χ0n) is 11.0. The van der Waals surface area contributed by atoms with Crippen molar-refractivity contribution < 1.29 is 13.2 Å². The van der Waals surface area contributed by atoms with Gasteiger partial charge in [0.1, 0.15) is 4.90 Å². The summed E-state index contributed by atoms with van der Waals surface area (Å²) in [6.45, 7) is 4.39. The molecule has 0 radical (unpaired) electrons. The fraction of sp³-hybridized carbons (Fsp3) is 0.308. The molecule has 1 fully saturated rings. The highest BCUT2D eigenvalue weighted by molar-refractivity contribution is 7.89. The van der Waals surface area contributed by atoms with Gasteiger partial charge in [0.15, 0.2) is 0 Å². The molecule has 3 N–H and O–H groups in total. The third-order valence-corrected chi connectivity index (χ3v) is 5.12. The van der Waals surface area contributed by atoms with Gasteiger partial charge in [-0.05, 0) is 37.1 Å². The molecule has 1 aromatic carbocycles. The lowest BCUT2D eigenvalue weighted by atomic mass is 10.3. The van der Waals surface area contributed by atoms with Gasteiger partial charge in [-0.15, -0.1) is 0 Å². The van der Waals surface area contributed by atoms with Crippen molar-refractivity contribution in [2.24, 2.45) is 0 Å². The number of carbonyl (C=O) groups is 1. The van der Waals surface area contributed by atoms with Crippen molar-refractivity contribution in [1.29, 1.82) is 0 Å². The summed E-state index contributed by atoms with van der Waals surface area (Å²) in [6, 6.07) is 4.37. The number of nitrogens with two attached hydrogens (primary N) is 1. The lowest BCUT2D eigenvalue weighted by Gasteiger charge is -2.17. The van der Waals surface area contributed by atoms with Crippen LogP contribution >= 0.6 is 0 Å². The fourth-order valence-electron chi connectivity index (χ4n) is 2.12. The second-order valence-corrected chi connectivity index (χ2v) is 6.46. The van der Waals surface area contributed by atoms with Crippen LogP contribution in [0.1, 0.15) is 12.8 Å². The van der Waals surface area contributed by atoms with Gasteiger partial charge in [-0.3, -0.25) is 4.79 Å². The third-order valence-electron chi connectivity index (χ3n) is 3.15. The molecule has 0 aromatic heterocycles. The van der Waals surface area contributed by atoms with Crippen LogP contribution in [0.25, 0.3) is 0 Å². The second-order valence-electron chi connectivity index (χ2n) is 4.56. The van der Waals surface area contributed by atoms with Crippen molar-refractivity contribution >= 4 is 27.3 Å². The molecule has 2 rings (SSSR count). The van der Waals surface area contributed by atoms with Gasteiger partial charge in [0.25, 0.3) is 0 Å². The smallest absolute Gasteiger partial charge is 0.247 e. The Morgan fingerprint density at radius 2 is 2.00 bits per heavy atom. The highest BCUT2D eigenvalue weighted by Gasteiger charge is 2.28. The van der Waals surface area contributed by atoms with E-state index >= 15 is 0 Å². The number of nitrogen functional groups attached to an aromatic ring is 1. The van der Waals surface area contributed by atoms with E-state index in [1.807, 2.05) is 0 Å². The summed E-state index contributed by atoms with van der Waals surface area (Å²) in [4.78, 5) is 11.3. The lowest BCUT2D eigenvalue weighted by Crippen LogP contribution is -2.28. The Hall–Kier alpha value is -1.86. The minimum atomic E-state index is -3.54. The van der Waals surface area contributed by atoms with Gasteiger partial charge in [0.05, 0.1) is 5.69 Å². The van der Waals surface area contributed by atoms with Crippen LogP contribution in [0.15, 0.2) is 35.7 Å². The van der Waals surface area contributed by atoms with Crippen LogP contribution in [-0.2, 0) is 14.8 Å². The molecule has 1 aromatic rings. The van der Waals surface area contributed by atoms with Crippen LogP contribution in [-0.4, -0.2) is 31.7 Å². The number of carbonyl (C=O) groups excluding carboxylic acids is 1. The van der Waals surface area contributed by atoms with E-state index in [1.54, 1.807) is 0 Å². The molecule has 0 aliphatic carbocycles. The predicted molar refractivity (Wildman–Crippen MR) is 77.7 cm³/mol. The number of sulfonamides is 1. The first-order valence-corrected chi connectivity index (χ1v) is 7.72. The average molecular weight is 295 g/mol. The van der Waals surface area contributed by atoms with Crippen molar-refractivity contribution in [3.8, 4) is 0 Å². The maximum absolute atomic E-state index is 12.4. The average Bonchev–Trinajstić information content (AvgIpc) is 2.92. The molecule has 1 aliphatic rings. The highest BCUT2D eigenvalue weighted by Crippen LogP contribution is 2.27. The largest absolute Gasteiger partial charge is 0.398 e. The van der Waals surface area contributed by atoms with Crippen LogP contribution in [0.2, 0.25) is 0 Å². The van der Waals surface area contributed by atoms with Crippen LogP contribution in [0.3, 0.4) is 0 Å². The minimum Gasteiger partial charge on any atom is -0.398 e. The summed E-state index contributed by atoms with van der Waals surface area (Å²) in [5.41, 5.74) is 6.37. The maximum Gasteiger partial charge on any atom is 0.247 e. The zero-order chi connectivity index (χ0) is 14.8. The van der Waals surface area contributed by atoms with Gasteiger partial charge in [0.2, 0.25) is 15.9 Å². The number of hydrogen-bond acceptors (Lipinski definition) is 4. The number of nitrogens with one attached hydrogen (secondary N) is 1. The molecule has 0 bridgehead atoms. The SMILES string of the molecule is C=CC(=O)Nc1ccc(S(=O)(=O)N2CCCC2)c(N)c1. The molecule has 0 unspecified atom stereocenters. The lowest BCUT2D eigenvalue weighted by molar-refractivity contribution is -0.111. The molecule has 1 amide bonds. The van der Waals surface area contributed by atoms with Crippen LogP contribution in [0.4, 0.5) is 11.4 Å². The molecular formula is C13H17N3O3S. The Bertz CT molecular complexity index is 634. The number of nitrogens with zero attached hydrogens (tertiary/aromatic N) is 1. The summed E-state index contributed by atoms with van der Waals surface area (Å²) in [5, 5.41) is 2.54. The molecule has 0 atom stereocenters. The van der Waals surface area contributed by atoms with E-state index in [0.717, 1.165) is 18.9 Å². The van der Waals surface area contributed by atoms with Crippen molar-refractivity contribution in [3.63, 3.8) is 0 Å². The zero-order valence-corrected chi connectivity index (χ0v) is 11.8. The van der Waals surface area contributed by atoms with Gasteiger partial charge in [0, 0.05) is 18.8 Å². The number of rotatable bonds is 4. The van der Waals surface area contributed by atoms with Gasteiger partial charge in [-0.25, -0.2) is 8.42 Å². The topological polar surface area (TPSA) is 92.5 Å². The highest BCUT2D eigenvalue weighted by atomic mass is 32.2. The summed E-state index contributed by atoms with van der Waals surface area (Å²) in [7, 11) is -3.54. The third kappa shape index (κ3) is 2.83. The summed E-state index contributed by atoms with van der Waals surface area (Å²) < 4.78 is 26.2. The first kappa shape index (κ1) is 14.5. The summed E-state index contributed by atoms with van der Waals surface area (Å²) in [5.74, 6) is -0.375. The van der Waals surface area contributed by atoms with Crippen molar-refractivity contribution in [3.05, 3.63) is 30.9 Å². The van der Waals surface area contributed by atoms with Crippen molar-refractivity contribution in [1.82, 2.24) is 4.31 Å². The first-order valence-electron chi connectivity index (χ1n) is 6.28. The summed E-state index contributed by atoms with van der Waals surface area (Å²) in [6.07, 6.45) is 2.87. The minimum absolute atomic E-state index is 0.0796. The molecule has 6 nitrogen and oxygen atoms in total. The summed E-state index contributed by atoms with van der Waals surface area (Å²) >= 11 is 0. The van der Waals surface area contributed by atoms with Crippen LogP contribution < -0.4 is 11.1 Å². The second kappa shape index (κ2) is 5.64. The molecule has 0 saturated carbocycles. The number of benzene rings is 1. The molecular weight excluding hydrogens is 278 g/mol. The molecule has 1 aliphatic heterocycles. The van der Waals surface area contributed by atoms with Gasteiger partial charge in [-0.2, -0.15) is 4.31 Å². The van der Waals surface area contributed by atoms with Crippen LogP contribution in [0.5, 0.6) is 0 Å². The standard InChI is InChI=1S/C13H17N3O3S/c1-2-13(17)15-10-5-6-12(11(14)9-10)20(18,19)16-7-3-4-8-16/h2,5-6,9H,1,3-4,7-8,14H2,(H,15,17). The Morgan fingerprint density at radius 1 is 1.35 bits per heavy atom. The van der Waals surface area contributed by atoms with Crippen molar-refractivity contribution in [2.75, 3.05) is 24.1 Å². The predicted octanol–water partition coefficient (Wildman–Crippen LogP) is 1.18. The molecule has 7 heteroatoms. The Balaban J connectivity index is 2.29. The molecule has 108 valence electrons. The molecule has 1 saturated heterocycles. The number of hydrogen-bond donors (Lipinski definition) is 2. The first-order chi connectivity index (χ1) is 9.45. The van der Waals surface area contributed by atoms with E-state index in [9.17, 15) is 13.2 Å². The number of amides is 1.